The van der Waals surface area contributed by atoms with Crippen molar-refractivity contribution in [2.75, 3.05) is 5.32 Å². The molecule has 0 aliphatic carbocycles. The van der Waals surface area contributed by atoms with Gasteiger partial charge in [-0.1, -0.05) is 38.4 Å². The number of oxazole rings is 1. The fraction of sp³-hybridized carbons (Fsp3) is 0.389. The van der Waals surface area contributed by atoms with Crippen LogP contribution in [0.15, 0.2) is 22.6 Å². The molecular weight excluding hydrogens is 377 g/mol. The molecule has 8 heteroatoms. The van der Waals surface area contributed by atoms with Gasteiger partial charge in [0.1, 0.15) is 10.5 Å². The van der Waals surface area contributed by atoms with Gasteiger partial charge in [0.25, 0.3) is 5.91 Å². The highest BCUT2D eigenvalue weighted by Gasteiger charge is 2.23. The largest absolute Gasteiger partial charge is 0.441 e. The Morgan fingerprint density at radius 1 is 1.42 bits per heavy atom. The molecule has 1 aromatic carbocycles. The number of carbonyl (C=O) groups is 1. The molecule has 3 rings (SSSR count). The van der Waals surface area contributed by atoms with Crippen molar-refractivity contribution in [3.63, 3.8) is 0 Å². The van der Waals surface area contributed by atoms with Crippen molar-refractivity contribution >= 4 is 45.1 Å². The van der Waals surface area contributed by atoms with Crippen LogP contribution < -0.4 is 5.32 Å². The average molecular weight is 396 g/mol. The summed E-state index contributed by atoms with van der Waals surface area (Å²) >= 11 is 7.05. The van der Waals surface area contributed by atoms with Crippen LogP contribution in [0.25, 0.3) is 11.1 Å². The monoisotopic (exact) mass is 395 g/mol. The molecule has 0 saturated heterocycles. The van der Waals surface area contributed by atoms with Crippen LogP contribution in [0.2, 0.25) is 5.02 Å². The van der Waals surface area contributed by atoms with Crippen molar-refractivity contribution in [3.05, 3.63) is 40.4 Å². The van der Waals surface area contributed by atoms with Gasteiger partial charge in [-0.25, -0.2) is 9.37 Å². The number of amides is 1. The Hall–Kier alpha value is -1.99. The second-order valence-electron chi connectivity index (χ2n) is 7.34. The highest BCUT2D eigenvalue weighted by molar-refractivity contribution is 7.11. The molecule has 0 aliphatic heterocycles. The summed E-state index contributed by atoms with van der Waals surface area (Å²) in [5.74, 6) is -0.204. The first-order valence-electron chi connectivity index (χ1n) is 8.10. The molecule has 3 aromatic rings. The molecule has 0 saturated carbocycles. The molecule has 26 heavy (non-hydrogen) atoms. The Morgan fingerprint density at radius 2 is 2.15 bits per heavy atom. The third-order valence-electron chi connectivity index (χ3n) is 3.69. The van der Waals surface area contributed by atoms with Crippen LogP contribution in [0.4, 0.5) is 9.39 Å². The van der Waals surface area contributed by atoms with Crippen molar-refractivity contribution in [3.8, 4) is 0 Å². The van der Waals surface area contributed by atoms with Crippen molar-refractivity contribution in [2.45, 2.75) is 40.3 Å². The predicted octanol–water partition coefficient (Wildman–Crippen LogP) is 5.48. The molecule has 0 spiro atoms. The third kappa shape index (κ3) is 4.04. The number of carbonyl (C=O) groups excluding carboxylic acids is 1. The maximum absolute atomic E-state index is 14.6. The zero-order valence-electron chi connectivity index (χ0n) is 14.9. The minimum Gasteiger partial charge on any atom is -0.441 e. The number of rotatable bonds is 4. The van der Waals surface area contributed by atoms with E-state index in [0.29, 0.717) is 39.1 Å². The number of nitrogens with zero attached hydrogens (tertiary/aromatic N) is 2. The van der Waals surface area contributed by atoms with Crippen molar-refractivity contribution in [1.29, 1.82) is 0 Å². The molecule has 1 amide bonds. The molecule has 1 atom stereocenters. The predicted molar refractivity (Wildman–Crippen MR) is 102 cm³/mol. The van der Waals surface area contributed by atoms with Gasteiger partial charge in [0.15, 0.2) is 11.5 Å². The lowest BCUT2D eigenvalue weighted by molar-refractivity contribution is -0.120. The number of anilines is 1. The Bertz CT molecular complexity index is 961. The van der Waals surface area contributed by atoms with Crippen LogP contribution in [-0.2, 0) is 11.2 Å². The van der Waals surface area contributed by atoms with Crippen LogP contribution in [0.3, 0.4) is 0 Å². The molecule has 1 N–H and O–H groups in total. The lowest BCUT2D eigenvalue weighted by atomic mass is 9.92. The van der Waals surface area contributed by atoms with Gasteiger partial charge in [-0.15, -0.1) is 0 Å². The van der Waals surface area contributed by atoms with Gasteiger partial charge in [0, 0.05) is 6.42 Å². The molecule has 2 aromatic heterocycles. The Kier molecular flexibility index (Phi) is 5.03. The van der Waals surface area contributed by atoms with E-state index < -0.39 is 12.1 Å². The van der Waals surface area contributed by atoms with E-state index in [2.05, 4.69) is 35.4 Å². The van der Waals surface area contributed by atoms with E-state index in [1.54, 1.807) is 13.0 Å². The quantitative estimate of drug-likeness (QED) is 0.634. The Labute approximate surface area is 159 Å². The molecule has 0 fully saturated rings. The van der Waals surface area contributed by atoms with E-state index >= 15 is 0 Å². The van der Waals surface area contributed by atoms with Crippen molar-refractivity contribution in [1.82, 2.24) is 9.36 Å². The highest BCUT2D eigenvalue weighted by atomic mass is 35.5. The van der Waals surface area contributed by atoms with E-state index in [9.17, 15) is 9.18 Å². The lowest BCUT2D eigenvalue weighted by Crippen LogP contribution is -2.17. The first kappa shape index (κ1) is 18.8. The van der Waals surface area contributed by atoms with Gasteiger partial charge >= 0.3 is 0 Å². The van der Waals surface area contributed by atoms with E-state index in [1.807, 2.05) is 0 Å². The van der Waals surface area contributed by atoms with Gasteiger partial charge in [-0.05, 0) is 41.6 Å². The maximum atomic E-state index is 14.6. The van der Waals surface area contributed by atoms with E-state index in [-0.39, 0.29) is 11.0 Å². The molecule has 0 bridgehead atoms. The number of fused-ring (bicyclic) bond motifs is 1. The van der Waals surface area contributed by atoms with Gasteiger partial charge in [0.05, 0.1) is 10.7 Å². The van der Waals surface area contributed by atoms with E-state index in [1.165, 1.54) is 12.1 Å². The van der Waals surface area contributed by atoms with Crippen molar-refractivity contribution in [2.24, 2.45) is 5.41 Å². The fourth-order valence-electron chi connectivity index (χ4n) is 2.44. The first-order valence-corrected chi connectivity index (χ1v) is 9.25. The molecule has 0 radical (unpaired) electrons. The topological polar surface area (TPSA) is 68.0 Å². The molecule has 138 valence electrons. The normalized spacial score (nSPS) is 13.2. The number of aromatic nitrogens is 2. The summed E-state index contributed by atoms with van der Waals surface area (Å²) in [5, 5.41) is 3.15. The van der Waals surface area contributed by atoms with Gasteiger partial charge in [-0.2, -0.15) is 4.37 Å². The maximum Gasteiger partial charge on any atom is 0.264 e. The standard InChI is InChI=1S/C18H19ClFN3O2S/c1-9-14(19)17(26-23-9)22-16(24)15(20)10-5-6-12-11(7-10)21-13(25-12)8-18(2,3)4/h5-7,15H,8H2,1-4H3,(H,22,24). The van der Waals surface area contributed by atoms with E-state index in [4.69, 9.17) is 16.0 Å². The highest BCUT2D eigenvalue weighted by Crippen LogP contribution is 2.32. The van der Waals surface area contributed by atoms with Gasteiger partial charge in [0.2, 0.25) is 6.17 Å². The number of hydrogen-bond donors (Lipinski definition) is 1. The number of hydrogen-bond acceptors (Lipinski definition) is 5. The summed E-state index contributed by atoms with van der Waals surface area (Å²) in [6.45, 7) is 7.97. The van der Waals surface area contributed by atoms with Crippen LogP contribution >= 0.6 is 23.1 Å². The van der Waals surface area contributed by atoms with Crippen molar-refractivity contribution < 1.29 is 13.6 Å². The third-order valence-corrected chi connectivity index (χ3v) is 5.12. The number of aryl methyl sites for hydroxylation is 1. The molecule has 0 aliphatic rings. The summed E-state index contributed by atoms with van der Waals surface area (Å²) in [4.78, 5) is 16.6. The zero-order chi connectivity index (χ0) is 19.1. The smallest absolute Gasteiger partial charge is 0.264 e. The molecule has 1 unspecified atom stereocenters. The molecular formula is C18H19ClFN3O2S. The Balaban J connectivity index is 1.80. The second-order valence-corrected chi connectivity index (χ2v) is 8.49. The second kappa shape index (κ2) is 6.96. The fourth-order valence-corrected chi connectivity index (χ4v) is 3.38. The minimum atomic E-state index is -1.85. The lowest BCUT2D eigenvalue weighted by Gasteiger charge is -2.14. The number of benzene rings is 1. The number of halogens is 2. The summed E-state index contributed by atoms with van der Waals surface area (Å²) in [6.07, 6.45) is -1.18. The number of nitrogens with one attached hydrogen (secondary N) is 1. The average Bonchev–Trinajstić information content (AvgIpc) is 3.08. The van der Waals surface area contributed by atoms with Gasteiger partial charge in [-0.3, -0.25) is 4.79 Å². The molecule has 2 heterocycles. The SMILES string of the molecule is Cc1nsc(NC(=O)C(F)c2ccc3oc(CC(C)(C)C)nc3c2)c1Cl. The van der Waals surface area contributed by atoms with Crippen LogP contribution in [0.5, 0.6) is 0 Å². The summed E-state index contributed by atoms with van der Waals surface area (Å²) in [6, 6.07) is 4.69. The zero-order valence-corrected chi connectivity index (χ0v) is 16.5. The number of alkyl halides is 1. The summed E-state index contributed by atoms with van der Waals surface area (Å²) in [7, 11) is 0. The van der Waals surface area contributed by atoms with Crippen LogP contribution in [-0.4, -0.2) is 15.3 Å². The van der Waals surface area contributed by atoms with Crippen LogP contribution in [0.1, 0.15) is 44.1 Å². The summed E-state index contributed by atoms with van der Waals surface area (Å²) < 4.78 is 24.3. The Morgan fingerprint density at radius 3 is 2.77 bits per heavy atom. The van der Waals surface area contributed by atoms with E-state index in [0.717, 1.165) is 11.5 Å². The summed E-state index contributed by atoms with van der Waals surface area (Å²) in [5.41, 5.74) is 1.93. The minimum absolute atomic E-state index is 0.0262. The van der Waals surface area contributed by atoms with Gasteiger partial charge < -0.3 is 9.73 Å². The van der Waals surface area contributed by atoms with Crippen LogP contribution in [0, 0.1) is 12.3 Å². The first-order chi connectivity index (χ1) is 12.1. The molecule has 5 nitrogen and oxygen atoms in total.